The zero-order chi connectivity index (χ0) is 17.3. The Labute approximate surface area is 156 Å². The topological polar surface area (TPSA) is 83.9 Å². The highest BCUT2D eigenvalue weighted by Crippen LogP contribution is 2.11. The second kappa shape index (κ2) is 8.27. The fourth-order valence-electron chi connectivity index (χ4n) is 2.82. The van der Waals surface area contributed by atoms with Gasteiger partial charge in [0.1, 0.15) is 0 Å². The molecule has 2 aromatic heterocycles. The largest absolute Gasteiger partial charge is 0.339 e. The lowest BCUT2D eigenvalue weighted by Crippen LogP contribution is -2.54. The summed E-state index contributed by atoms with van der Waals surface area (Å²) in [6, 6.07) is 1.16. The summed E-state index contributed by atoms with van der Waals surface area (Å²) < 4.78 is 1.55. The van der Waals surface area contributed by atoms with Gasteiger partial charge in [-0.15, -0.1) is 23.7 Å². The fourth-order valence-corrected chi connectivity index (χ4v) is 3.56. The van der Waals surface area contributed by atoms with Crippen molar-refractivity contribution in [3.63, 3.8) is 0 Å². The standard InChI is InChI=1S/C16H23N5O2S.ClH/c1-11(2)14(17)15(23)20-5-3-19(4-6-20)10-12-9-13(22)21-7-8-24-16(21)18-12;/h7-9,11,14H,3-6,10,17H2,1-2H3;1H/t14-;/m0./s1. The smallest absolute Gasteiger partial charge is 0.258 e. The Bertz CT molecular complexity index is 782. The third-order valence-electron chi connectivity index (χ3n) is 4.43. The van der Waals surface area contributed by atoms with Gasteiger partial charge in [-0.2, -0.15) is 0 Å². The molecule has 25 heavy (non-hydrogen) atoms. The molecule has 2 N–H and O–H groups in total. The Balaban J connectivity index is 0.00000225. The molecule has 3 heterocycles. The van der Waals surface area contributed by atoms with Crippen LogP contribution in [-0.4, -0.2) is 57.3 Å². The van der Waals surface area contributed by atoms with E-state index in [4.69, 9.17) is 5.73 Å². The molecule has 1 amide bonds. The quantitative estimate of drug-likeness (QED) is 0.841. The highest BCUT2D eigenvalue weighted by Gasteiger charge is 2.27. The zero-order valence-electron chi connectivity index (χ0n) is 14.4. The molecule has 1 saturated heterocycles. The lowest BCUT2D eigenvalue weighted by Gasteiger charge is -2.36. The van der Waals surface area contributed by atoms with Crippen LogP contribution in [0.5, 0.6) is 0 Å². The maximum absolute atomic E-state index is 12.3. The monoisotopic (exact) mass is 385 g/mol. The number of hydrogen-bond acceptors (Lipinski definition) is 6. The van der Waals surface area contributed by atoms with Crippen LogP contribution in [0.25, 0.3) is 4.96 Å². The number of carbonyl (C=O) groups excluding carboxylic acids is 1. The number of nitrogens with zero attached hydrogens (tertiary/aromatic N) is 4. The summed E-state index contributed by atoms with van der Waals surface area (Å²) in [6.45, 7) is 7.42. The molecule has 1 fully saturated rings. The van der Waals surface area contributed by atoms with Crippen molar-refractivity contribution < 1.29 is 4.79 Å². The average Bonchev–Trinajstić information content (AvgIpc) is 3.03. The van der Waals surface area contributed by atoms with Crippen LogP contribution in [0.1, 0.15) is 19.5 Å². The summed E-state index contributed by atoms with van der Waals surface area (Å²) >= 11 is 1.45. The minimum absolute atomic E-state index is 0. The highest BCUT2D eigenvalue weighted by molar-refractivity contribution is 7.15. The Morgan fingerprint density at radius 3 is 2.64 bits per heavy atom. The van der Waals surface area contributed by atoms with E-state index in [9.17, 15) is 9.59 Å². The maximum atomic E-state index is 12.3. The lowest BCUT2D eigenvalue weighted by molar-refractivity contribution is -0.135. The van der Waals surface area contributed by atoms with Crippen molar-refractivity contribution in [2.75, 3.05) is 26.2 Å². The SMILES string of the molecule is CC(C)[C@H](N)C(=O)N1CCN(Cc2cc(=O)n3ccsc3n2)CC1.Cl. The normalized spacial score (nSPS) is 16.9. The summed E-state index contributed by atoms with van der Waals surface area (Å²) in [4.78, 5) is 33.6. The predicted octanol–water partition coefficient (Wildman–Crippen LogP) is 0.805. The van der Waals surface area contributed by atoms with Gasteiger partial charge in [0, 0.05) is 50.4 Å². The van der Waals surface area contributed by atoms with Crippen LogP contribution in [0.2, 0.25) is 0 Å². The van der Waals surface area contributed by atoms with Crippen LogP contribution in [0, 0.1) is 5.92 Å². The van der Waals surface area contributed by atoms with Gasteiger partial charge in [-0.1, -0.05) is 13.8 Å². The molecular formula is C16H24ClN5O2S. The van der Waals surface area contributed by atoms with Gasteiger partial charge in [0.05, 0.1) is 11.7 Å². The highest BCUT2D eigenvalue weighted by atomic mass is 35.5. The summed E-state index contributed by atoms with van der Waals surface area (Å²) in [5.74, 6) is 0.172. The first-order valence-electron chi connectivity index (χ1n) is 8.18. The number of hydrogen-bond donors (Lipinski definition) is 1. The molecule has 3 rings (SSSR count). The van der Waals surface area contributed by atoms with Gasteiger partial charge in [0.2, 0.25) is 5.91 Å². The number of aromatic nitrogens is 2. The van der Waals surface area contributed by atoms with E-state index < -0.39 is 6.04 Å². The van der Waals surface area contributed by atoms with Gasteiger partial charge in [-0.05, 0) is 5.92 Å². The summed E-state index contributed by atoms with van der Waals surface area (Å²) in [5, 5.41) is 1.86. The molecule has 0 aromatic carbocycles. The minimum Gasteiger partial charge on any atom is -0.339 e. The van der Waals surface area contributed by atoms with Crippen molar-refractivity contribution in [3.05, 3.63) is 33.7 Å². The van der Waals surface area contributed by atoms with Crippen molar-refractivity contribution in [3.8, 4) is 0 Å². The summed E-state index contributed by atoms with van der Waals surface area (Å²) in [6.07, 6.45) is 1.74. The molecule has 9 heteroatoms. The molecule has 2 aromatic rings. The molecule has 0 unspecified atom stereocenters. The van der Waals surface area contributed by atoms with Crippen molar-refractivity contribution in [1.29, 1.82) is 0 Å². The predicted molar refractivity (Wildman–Crippen MR) is 101 cm³/mol. The number of nitrogens with two attached hydrogens (primary N) is 1. The third kappa shape index (κ3) is 4.38. The fraction of sp³-hybridized carbons (Fsp3) is 0.562. The molecule has 0 aliphatic carbocycles. The first-order valence-corrected chi connectivity index (χ1v) is 9.06. The number of fused-ring (bicyclic) bond motifs is 1. The van der Waals surface area contributed by atoms with E-state index in [1.54, 1.807) is 16.7 Å². The molecular weight excluding hydrogens is 362 g/mol. The van der Waals surface area contributed by atoms with Crippen molar-refractivity contribution in [2.45, 2.75) is 26.4 Å². The summed E-state index contributed by atoms with van der Waals surface area (Å²) in [5.41, 5.74) is 6.69. The summed E-state index contributed by atoms with van der Waals surface area (Å²) in [7, 11) is 0. The molecule has 0 bridgehead atoms. The van der Waals surface area contributed by atoms with E-state index in [2.05, 4.69) is 9.88 Å². The minimum atomic E-state index is -0.431. The Hall–Kier alpha value is -1.48. The van der Waals surface area contributed by atoms with E-state index >= 15 is 0 Å². The first kappa shape index (κ1) is 19.8. The van der Waals surface area contributed by atoms with Gasteiger partial charge < -0.3 is 10.6 Å². The van der Waals surface area contributed by atoms with Crippen molar-refractivity contribution in [1.82, 2.24) is 19.2 Å². The molecule has 0 spiro atoms. The van der Waals surface area contributed by atoms with E-state index in [1.807, 2.05) is 24.1 Å². The van der Waals surface area contributed by atoms with E-state index in [-0.39, 0.29) is 29.8 Å². The van der Waals surface area contributed by atoms with Gasteiger partial charge in [0.25, 0.3) is 5.56 Å². The average molecular weight is 386 g/mol. The molecule has 1 atom stereocenters. The Morgan fingerprint density at radius 2 is 2.00 bits per heavy atom. The van der Waals surface area contributed by atoms with Gasteiger partial charge >= 0.3 is 0 Å². The van der Waals surface area contributed by atoms with Crippen LogP contribution < -0.4 is 11.3 Å². The molecule has 138 valence electrons. The molecule has 0 saturated carbocycles. The van der Waals surface area contributed by atoms with Crippen molar-refractivity contribution >= 4 is 34.6 Å². The third-order valence-corrected chi connectivity index (χ3v) is 5.19. The van der Waals surface area contributed by atoms with E-state index in [0.29, 0.717) is 24.6 Å². The van der Waals surface area contributed by atoms with Gasteiger partial charge in [-0.3, -0.25) is 18.9 Å². The van der Waals surface area contributed by atoms with Gasteiger partial charge in [0.15, 0.2) is 4.96 Å². The Morgan fingerprint density at radius 1 is 1.32 bits per heavy atom. The number of piperazine rings is 1. The molecule has 0 radical (unpaired) electrons. The van der Waals surface area contributed by atoms with Crippen LogP contribution in [-0.2, 0) is 11.3 Å². The number of rotatable bonds is 4. The zero-order valence-corrected chi connectivity index (χ0v) is 16.1. The van der Waals surface area contributed by atoms with Crippen LogP contribution in [0.15, 0.2) is 22.4 Å². The number of carbonyl (C=O) groups is 1. The maximum Gasteiger partial charge on any atom is 0.258 e. The van der Waals surface area contributed by atoms with Crippen molar-refractivity contribution in [2.24, 2.45) is 11.7 Å². The lowest BCUT2D eigenvalue weighted by atomic mass is 10.0. The van der Waals surface area contributed by atoms with E-state index in [0.717, 1.165) is 18.8 Å². The second-order valence-electron chi connectivity index (χ2n) is 6.51. The number of thiazole rings is 1. The van der Waals surface area contributed by atoms with Gasteiger partial charge in [-0.25, -0.2) is 4.98 Å². The molecule has 7 nitrogen and oxygen atoms in total. The number of halogens is 1. The number of amides is 1. The molecule has 1 aliphatic heterocycles. The first-order chi connectivity index (χ1) is 11.5. The van der Waals surface area contributed by atoms with Crippen LogP contribution in [0.3, 0.4) is 0 Å². The second-order valence-corrected chi connectivity index (χ2v) is 7.39. The molecule has 1 aliphatic rings. The van der Waals surface area contributed by atoms with Crippen LogP contribution in [0.4, 0.5) is 0 Å². The van der Waals surface area contributed by atoms with Crippen LogP contribution >= 0.6 is 23.7 Å². The Kier molecular flexibility index (Phi) is 6.56. The van der Waals surface area contributed by atoms with E-state index in [1.165, 1.54) is 11.3 Å².